The van der Waals surface area contributed by atoms with E-state index in [2.05, 4.69) is 5.32 Å². The summed E-state index contributed by atoms with van der Waals surface area (Å²) in [5, 5.41) is 20.6. The topological polar surface area (TPSA) is 86.6 Å². The molecule has 5 heteroatoms. The highest BCUT2D eigenvalue weighted by molar-refractivity contribution is 5.96. The van der Waals surface area contributed by atoms with E-state index < -0.39 is 5.97 Å². The van der Waals surface area contributed by atoms with Gasteiger partial charge in [-0.3, -0.25) is 4.79 Å². The fraction of sp³-hybridized carbons (Fsp3) is 0.273. The molecule has 5 nitrogen and oxygen atoms in total. The number of carboxylic acids is 1. The number of carboxylic acid groups (broad SMARTS) is 1. The number of phenolic OH excluding ortho intramolecular Hbond substituents is 1. The number of rotatable bonds is 3. The highest BCUT2D eigenvalue weighted by Gasteiger charge is 2.29. The van der Waals surface area contributed by atoms with E-state index in [1.54, 1.807) is 0 Å². The summed E-state index contributed by atoms with van der Waals surface area (Å²) >= 11 is 0. The molecule has 1 saturated carbocycles. The molecular weight excluding hydrogens is 210 g/mol. The van der Waals surface area contributed by atoms with Crippen molar-refractivity contribution in [3.8, 4) is 5.75 Å². The molecule has 1 aliphatic rings. The van der Waals surface area contributed by atoms with E-state index in [0.717, 1.165) is 18.9 Å². The Labute approximate surface area is 91.7 Å². The van der Waals surface area contributed by atoms with E-state index in [9.17, 15) is 14.7 Å². The van der Waals surface area contributed by atoms with Gasteiger partial charge in [-0.25, -0.2) is 4.79 Å². The fourth-order valence-corrected chi connectivity index (χ4v) is 1.40. The van der Waals surface area contributed by atoms with Crippen molar-refractivity contribution < 1.29 is 19.8 Å². The van der Waals surface area contributed by atoms with Crippen LogP contribution in [0.15, 0.2) is 18.2 Å². The third-order valence-electron chi connectivity index (χ3n) is 2.38. The van der Waals surface area contributed by atoms with E-state index in [0.29, 0.717) is 5.69 Å². The molecule has 1 aromatic rings. The van der Waals surface area contributed by atoms with Crippen LogP contribution in [0.3, 0.4) is 0 Å². The second-order valence-corrected chi connectivity index (χ2v) is 3.84. The number of benzene rings is 1. The third kappa shape index (κ3) is 2.31. The number of carbonyl (C=O) groups is 2. The molecule has 0 saturated heterocycles. The highest BCUT2D eigenvalue weighted by atomic mass is 16.4. The molecule has 1 aliphatic carbocycles. The molecule has 2 rings (SSSR count). The smallest absolute Gasteiger partial charge is 0.335 e. The molecule has 0 heterocycles. The molecule has 0 radical (unpaired) electrons. The van der Waals surface area contributed by atoms with Gasteiger partial charge in [0.05, 0.1) is 5.56 Å². The summed E-state index contributed by atoms with van der Waals surface area (Å²) in [4.78, 5) is 22.1. The van der Waals surface area contributed by atoms with Crippen molar-refractivity contribution in [1.29, 1.82) is 0 Å². The Morgan fingerprint density at radius 2 is 1.94 bits per heavy atom. The molecule has 84 valence electrons. The maximum absolute atomic E-state index is 11.4. The van der Waals surface area contributed by atoms with E-state index in [1.807, 2.05) is 0 Å². The van der Waals surface area contributed by atoms with Crippen molar-refractivity contribution in [1.82, 2.24) is 0 Å². The Kier molecular flexibility index (Phi) is 2.52. The van der Waals surface area contributed by atoms with Crippen LogP contribution in [0.2, 0.25) is 0 Å². The molecule has 0 aliphatic heterocycles. The number of carbonyl (C=O) groups excluding carboxylic acids is 1. The SMILES string of the molecule is O=C(O)c1cc(O)cc(NC(=O)C2CC2)c1. The lowest BCUT2D eigenvalue weighted by Gasteiger charge is -2.06. The van der Waals surface area contributed by atoms with Crippen molar-refractivity contribution in [2.75, 3.05) is 5.32 Å². The zero-order valence-electron chi connectivity index (χ0n) is 8.43. The average Bonchev–Trinajstić information content (AvgIpc) is 2.99. The number of anilines is 1. The Balaban J connectivity index is 2.19. The van der Waals surface area contributed by atoms with Gasteiger partial charge in [-0.05, 0) is 25.0 Å². The van der Waals surface area contributed by atoms with Crippen LogP contribution in [0.4, 0.5) is 5.69 Å². The first kappa shape index (κ1) is 10.5. The minimum absolute atomic E-state index is 0.0376. The van der Waals surface area contributed by atoms with E-state index in [-0.39, 0.29) is 23.1 Å². The number of nitrogens with one attached hydrogen (secondary N) is 1. The Hall–Kier alpha value is -2.04. The summed E-state index contributed by atoms with van der Waals surface area (Å²) in [7, 11) is 0. The van der Waals surface area contributed by atoms with Gasteiger partial charge in [0.25, 0.3) is 0 Å². The van der Waals surface area contributed by atoms with Gasteiger partial charge < -0.3 is 15.5 Å². The summed E-state index contributed by atoms with van der Waals surface area (Å²) in [5.41, 5.74) is 0.264. The van der Waals surface area contributed by atoms with Gasteiger partial charge in [0.1, 0.15) is 5.75 Å². The zero-order valence-corrected chi connectivity index (χ0v) is 8.43. The Morgan fingerprint density at radius 1 is 1.25 bits per heavy atom. The standard InChI is InChI=1S/C11H11NO4/c13-9-4-7(11(15)16)3-8(5-9)12-10(14)6-1-2-6/h3-6,13H,1-2H2,(H,12,14)(H,15,16). The largest absolute Gasteiger partial charge is 0.508 e. The molecule has 0 atom stereocenters. The lowest BCUT2D eigenvalue weighted by Crippen LogP contribution is -2.13. The zero-order chi connectivity index (χ0) is 11.7. The van der Waals surface area contributed by atoms with Crippen molar-refractivity contribution in [2.45, 2.75) is 12.8 Å². The quantitative estimate of drug-likeness (QED) is 0.720. The summed E-state index contributed by atoms with van der Waals surface area (Å²) in [6.45, 7) is 0. The molecule has 16 heavy (non-hydrogen) atoms. The summed E-state index contributed by atoms with van der Waals surface area (Å²) < 4.78 is 0. The highest BCUT2D eigenvalue weighted by Crippen LogP contribution is 2.30. The van der Waals surface area contributed by atoms with Crippen LogP contribution in [-0.4, -0.2) is 22.1 Å². The van der Waals surface area contributed by atoms with E-state index in [4.69, 9.17) is 5.11 Å². The van der Waals surface area contributed by atoms with Gasteiger partial charge in [0.2, 0.25) is 5.91 Å². The van der Waals surface area contributed by atoms with Crippen LogP contribution in [0.1, 0.15) is 23.2 Å². The summed E-state index contributed by atoms with van der Waals surface area (Å²) in [5.74, 6) is -1.40. The Bertz CT molecular complexity index is 451. The second-order valence-electron chi connectivity index (χ2n) is 3.84. The molecule has 0 aromatic heterocycles. The molecule has 0 spiro atoms. The molecular formula is C11H11NO4. The van der Waals surface area contributed by atoms with Crippen molar-refractivity contribution >= 4 is 17.6 Å². The van der Waals surface area contributed by atoms with Gasteiger partial charge in [-0.2, -0.15) is 0 Å². The summed E-state index contributed by atoms with van der Waals surface area (Å²) in [6.07, 6.45) is 1.74. The van der Waals surface area contributed by atoms with Crippen LogP contribution < -0.4 is 5.32 Å². The Morgan fingerprint density at radius 3 is 2.50 bits per heavy atom. The number of aromatic hydroxyl groups is 1. The van der Waals surface area contributed by atoms with Gasteiger partial charge >= 0.3 is 5.97 Å². The predicted octanol–water partition coefficient (Wildman–Crippen LogP) is 1.44. The molecule has 1 amide bonds. The minimum atomic E-state index is -1.14. The fourth-order valence-electron chi connectivity index (χ4n) is 1.40. The molecule has 0 bridgehead atoms. The lowest BCUT2D eigenvalue weighted by atomic mass is 10.2. The average molecular weight is 221 g/mol. The van der Waals surface area contributed by atoms with Crippen LogP contribution in [0.5, 0.6) is 5.75 Å². The van der Waals surface area contributed by atoms with Crippen molar-refractivity contribution in [2.24, 2.45) is 5.92 Å². The number of aromatic carboxylic acids is 1. The van der Waals surface area contributed by atoms with E-state index in [1.165, 1.54) is 12.1 Å². The molecule has 1 fully saturated rings. The number of amides is 1. The lowest BCUT2D eigenvalue weighted by molar-refractivity contribution is -0.117. The first-order valence-electron chi connectivity index (χ1n) is 4.94. The van der Waals surface area contributed by atoms with Gasteiger partial charge in [0, 0.05) is 17.7 Å². The molecule has 1 aromatic carbocycles. The first-order chi connectivity index (χ1) is 7.56. The van der Waals surface area contributed by atoms with Crippen LogP contribution in [-0.2, 0) is 4.79 Å². The van der Waals surface area contributed by atoms with Crippen molar-refractivity contribution in [3.63, 3.8) is 0 Å². The monoisotopic (exact) mass is 221 g/mol. The maximum Gasteiger partial charge on any atom is 0.335 e. The minimum Gasteiger partial charge on any atom is -0.508 e. The number of hydrogen-bond donors (Lipinski definition) is 3. The molecule has 3 N–H and O–H groups in total. The van der Waals surface area contributed by atoms with Crippen LogP contribution in [0, 0.1) is 5.92 Å². The van der Waals surface area contributed by atoms with Gasteiger partial charge in [-0.1, -0.05) is 0 Å². The van der Waals surface area contributed by atoms with Gasteiger partial charge in [0.15, 0.2) is 0 Å². The predicted molar refractivity (Wildman–Crippen MR) is 56.4 cm³/mol. The van der Waals surface area contributed by atoms with Crippen LogP contribution >= 0.6 is 0 Å². The number of hydrogen-bond acceptors (Lipinski definition) is 3. The van der Waals surface area contributed by atoms with Gasteiger partial charge in [-0.15, -0.1) is 0 Å². The van der Waals surface area contributed by atoms with Crippen LogP contribution in [0.25, 0.3) is 0 Å². The maximum atomic E-state index is 11.4. The second kappa shape index (κ2) is 3.84. The summed E-state index contributed by atoms with van der Waals surface area (Å²) in [6, 6.07) is 3.78. The first-order valence-corrected chi connectivity index (χ1v) is 4.94. The van der Waals surface area contributed by atoms with Crippen molar-refractivity contribution in [3.05, 3.63) is 23.8 Å². The molecule has 0 unspecified atom stereocenters. The third-order valence-corrected chi connectivity index (χ3v) is 2.38. The number of phenols is 1. The van der Waals surface area contributed by atoms with E-state index >= 15 is 0 Å². The normalized spacial score (nSPS) is 14.5.